The van der Waals surface area contributed by atoms with Crippen molar-refractivity contribution in [2.45, 2.75) is 310 Å². The first kappa shape index (κ1) is 80.8. The third-order valence-corrected chi connectivity index (χ3v) is 24.7. The number of aliphatic hydroxyl groups excluding tert-OH is 15. The van der Waals surface area contributed by atoms with E-state index >= 15 is 4.79 Å². The number of esters is 3. The summed E-state index contributed by atoms with van der Waals surface area (Å²) in [6.07, 6.45) is -45.0. The van der Waals surface area contributed by atoms with Gasteiger partial charge >= 0.3 is 17.9 Å². The van der Waals surface area contributed by atoms with Gasteiger partial charge < -0.3 is 152 Å². The first-order valence-corrected chi connectivity index (χ1v) is 35.7. The zero-order valence-electron chi connectivity index (χ0n) is 59.6. The van der Waals surface area contributed by atoms with E-state index in [1.54, 1.807) is 6.92 Å². The fourth-order valence-electron chi connectivity index (χ4n) is 19.4. The second-order valence-electron chi connectivity index (χ2n) is 31.4. The maximum absolute atomic E-state index is 15.1. The molecule has 38 atom stereocenters. The van der Waals surface area contributed by atoms with E-state index in [9.17, 15) is 86.2 Å². The molecule has 3 saturated carbocycles. The molecule has 0 aromatic rings. The van der Waals surface area contributed by atoms with Crippen LogP contribution in [-0.4, -0.2) is 331 Å². The molecule has 588 valence electrons. The highest BCUT2D eigenvalue weighted by atomic mass is 16.8. The van der Waals surface area contributed by atoms with E-state index in [0.29, 0.717) is 44.9 Å². The van der Waals surface area contributed by atoms with Gasteiger partial charge in [-0.1, -0.05) is 44.9 Å². The van der Waals surface area contributed by atoms with Crippen molar-refractivity contribution in [3.63, 3.8) is 0 Å². The number of methoxy groups -OCH3 is 1. The molecule has 103 heavy (non-hydrogen) atoms. The number of hydrogen-bond acceptors (Lipinski definition) is 34. The highest BCUT2D eigenvalue weighted by molar-refractivity contribution is 5.84. The van der Waals surface area contributed by atoms with Gasteiger partial charge in [-0.3, -0.25) is 14.4 Å². The molecule has 1 spiro atoms. The number of allylic oxidation sites excluding steroid dienone is 3. The first-order valence-electron chi connectivity index (χ1n) is 35.7. The minimum atomic E-state index is -2.09. The van der Waals surface area contributed by atoms with E-state index in [2.05, 4.69) is 40.3 Å². The molecule has 34 nitrogen and oxygen atoms in total. The molecule has 1 unspecified atom stereocenters. The highest BCUT2D eigenvalue weighted by Gasteiger charge is 2.81. The van der Waals surface area contributed by atoms with Gasteiger partial charge in [0.1, 0.15) is 140 Å². The Labute approximate surface area is 595 Å². The summed E-state index contributed by atoms with van der Waals surface area (Å²) in [4.78, 5) is 41.0. The Bertz CT molecular complexity index is 3000. The molecule has 11 rings (SSSR count). The van der Waals surface area contributed by atoms with Gasteiger partial charge in [0, 0.05) is 21.0 Å². The van der Waals surface area contributed by atoms with Crippen LogP contribution in [0.25, 0.3) is 0 Å². The Balaban J connectivity index is 0.841. The summed E-state index contributed by atoms with van der Waals surface area (Å²) in [5.41, 5.74) is -2.65. The van der Waals surface area contributed by atoms with Crippen molar-refractivity contribution in [1.29, 1.82) is 0 Å². The summed E-state index contributed by atoms with van der Waals surface area (Å²) in [6, 6.07) is 0. The van der Waals surface area contributed by atoms with Crippen LogP contribution in [0.5, 0.6) is 0 Å². The maximum Gasteiger partial charge on any atom is 0.314 e. The van der Waals surface area contributed by atoms with Gasteiger partial charge in [0.05, 0.1) is 56.6 Å². The quantitative estimate of drug-likeness (QED) is 0.0212. The SMILES string of the molecule is C=C(C)CC[C@@H](OC(C)=O)[C@]1(C)OC(=O)C23CC=C4[C@@H](CC[C@H]5C(C)(C)[C@@H](O[C@@H]6OC[C@@H](O[C@@H]7OC[C@@H](O)[C@H](O[C@@H]8O[C@H](CO)[C@@H](O)[C@H](O)[C@H]8O)[C@H]7O)[C@H](O)[C@H]6O[C@@H]6O[C@H](C)[C@@H](O[C@@H]7O[C@H](CO)[C@@H](O)[C@H](O[C@@H]8O[C@H](CO)[C@@H](O)[C@H](OC)[C@H]8O)[C@H]7O)[C@H](O)[C@H]6O)CC[C@]45C)[C@]2(C)C[C@H](OC(C)=O)[C@@H]31. The zero-order chi connectivity index (χ0) is 75.2. The average Bonchev–Trinajstić information content (AvgIpc) is 1.50. The molecule has 7 aliphatic heterocycles. The van der Waals surface area contributed by atoms with Crippen molar-refractivity contribution in [3.05, 3.63) is 23.8 Å². The molecule has 0 amide bonds. The molecular formula is C69H108O34. The fraction of sp³-hybridized carbons (Fsp3) is 0.899. The third kappa shape index (κ3) is 14.4. The van der Waals surface area contributed by atoms with Crippen LogP contribution < -0.4 is 0 Å². The van der Waals surface area contributed by atoms with Crippen LogP contribution in [0.4, 0.5) is 0 Å². The lowest BCUT2D eigenvalue weighted by Crippen LogP contribution is -2.67. The Morgan fingerprint density at radius 2 is 1.14 bits per heavy atom. The van der Waals surface area contributed by atoms with Crippen molar-refractivity contribution in [2.24, 2.45) is 39.4 Å². The molecule has 15 N–H and O–H groups in total. The predicted octanol–water partition coefficient (Wildman–Crippen LogP) is -4.02. The molecule has 7 heterocycles. The molecular weight excluding hydrogens is 1370 g/mol. The van der Waals surface area contributed by atoms with E-state index in [1.807, 2.05) is 6.92 Å². The Morgan fingerprint density at radius 3 is 1.75 bits per heavy atom. The number of carbonyl (C=O) groups is 3. The van der Waals surface area contributed by atoms with Crippen molar-refractivity contribution in [2.75, 3.05) is 40.1 Å². The van der Waals surface area contributed by atoms with Gasteiger partial charge in [-0.05, 0) is 100 Å². The highest BCUT2D eigenvalue weighted by Crippen LogP contribution is 2.77. The molecule has 10 fully saturated rings. The van der Waals surface area contributed by atoms with Crippen LogP contribution in [0, 0.1) is 39.4 Å². The fourth-order valence-corrected chi connectivity index (χ4v) is 19.4. The van der Waals surface area contributed by atoms with Crippen LogP contribution in [0.2, 0.25) is 0 Å². The standard InChI is InChI=1S/C69H108O34/c1-26(2)12-15-40(93-29(5)74)68(10)57-33(92-28(4)73)20-67(9)31-13-14-38-65(6,7)39(17-18-66(38,8)30(31)16-19-69(57,67)64(87)103-68)98-63-56(44(79)37(25-90-63)97-58-49(84)53(32(75)24-89-58)100-60-47(82)45(80)41(76)34(21-70)94-60)102-59-48(83)46(81)52(27(3)91-59)99-62-51(86)55(43(78)36(23-72)96-62)101-61-50(85)54(88-11)42(77)35(22-71)95-61/h16,27,31-63,70-72,75-86H,1,12-15,17-25H2,2-11H3/t27-,31-,32-,33+,34-,35-,36-,37-,38+,39+,40-,41-,42-,43-,44+,45+,46-,47-,48-,49-,50-,51-,52-,53+,54+,55+,56-,57-,58+,59+,60+,61+,62+,63+,66-,67+,68+,69?/m1/s1. The summed E-state index contributed by atoms with van der Waals surface area (Å²) in [5.74, 6) is -2.54. The third-order valence-electron chi connectivity index (χ3n) is 24.7. The second kappa shape index (κ2) is 31.3. The molecule has 7 saturated heterocycles. The van der Waals surface area contributed by atoms with Gasteiger partial charge in [0.2, 0.25) is 0 Å². The number of aliphatic hydroxyl groups is 15. The summed E-state index contributed by atoms with van der Waals surface area (Å²) in [5, 5.41) is 166. The number of fused-ring (bicyclic) bond motifs is 4. The molecule has 0 bridgehead atoms. The van der Waals surface area contributed by atoms with Gasteiger partial charge in [-0.2, -0.15) is 0 Å². The molecule has 0 aromatic carbocycles. The van der Waals surface area contributed by atoms with Crippen molar-refractivity contribution >= 4 is 17.9 Å². The van der Waals surface area contributed by atoms with Crippen molar-refractivity contribution in [3.8, 4) is 0 Å². The second-order valence-corrected chi connectivity index (χ2v) is 31.4. The first-order chi connectivity index (χ1) is 48.5. The monoisotopic (exact) mass is 1480 g/mol. The number of cyclic esters (lactones) is 1. The molecule has 0 radical (unpaired) electrons. The summed E-state index contributed by atoms with van der Waals surface area (Å²) >= 11 is 0. The lowest BCUT2D eigenvalue weighted by atomic mass is 9.41. The smallest absolute Gasteiger partial charge is 0.314 e. The Kier molecular flexibility index (Phi) is 24.5. The largest absolute Gasteiger partial charge is 0.462 e. The summed E-state index contributed by atoms with van der Waals surface area (Å²) in [7, 11) is 1.17. The topological polar surface area (TPSA) is 502 Å². The van der Waals surface area contributed by atoms with E-state index in [-0.39, 0.29) is 18.3 Å². The van der Waals surface area contributed by atoms with E-state index < -0.39 is 274 Å². The van der Waals surface area contributed by atoms with E-state index in [1.165, 1.54) is 27.9 Å². The van der Waals surface area contributed by atoms with Crippen LogP contribution in [-0.2, 0) is 90.2 Å². The van der Waals surface area contributed by atoms with E-state index in [0.717, 1.165) is 11.1 Å². The number of carbonyl (C=O) groups excluding carboxylic acids is 3. The summed E-state index contributed by atoms with van der Waals surface area (Å²) < 4.78 is 96.8. The Morgan fingerprint density at radius 1 is 0.583 bits per heavy atom. The van der Waals surface area contributed by atoms with Gasteiger partial charge in [-0.25, -0.2) is 0 Å². The zero-order valence-corrected chi connectivity index (χ0v) is 59.6. The number of ether oxygens (including phenoxy) is 16. The van der Waals surface area contributed by atoms with E-state index in [4.69, 9.17) is 75.8 Å². The van der Waals surface area contributed by atoms with Crippen LogP contribution in [0.15, 0.2) is 23.8 Å². The normalized spacial score (nSPS) is 50.7. The molecule has 34 heteroatoms. The van der Waals surface area contributed by atoms with Crippen LogP contribution in [0.1, 0.15) is 114 Å². The minimum absolute atomic E-state index is 0.122. The molecule has 0 aromatic heterocycles. The summed E-state index contributed by atoms with van der Waals surface area (Å²) in [6.45, 7) is 16.6. The Hall–Kier alpha value is -3.23. The molecule has 4 aliphatic carbocycles. The van der Waals surface area contributed by atoms with Gasteiger partial charge in [0.15, 0.2) is 43.3 Å². The number of hydrogen-bond donors (Lipinski definition) is 15. The lowest BCUT2D eigenvalue weighted by molar-refractivity contribution is -0.394. The minimum Gasteiger partial charge on any atom is -0.462 e. The lowest BCUT2D eigenvalue weighted by Gasteiger charge is -2.63. The van der Waals surface area contributed by atoms with Crippen molar-refractivity contribution in [1.82, 2.24) is 0 Å². The van der Waals surface area contributed by atoms with Crippen LogP contribution in [0.3, 0.4) is 0 Å². The van der Waals surface area contributed by atoms with Gasteiger partial charge in [0.25, 0.3) is 0 Å². The molecule has 11 aliphatic rings. The van der Waals surface area contributed by atoms with Gasteiger partial charge in [-0.15, -0.1) is 6.58 Å². The van der Waals surface area contributed by atoms with Crippen molar-refractivity contribution < 1.29 is 167 Å². The average molecular weight is 1480 g/mol. The maximum atomic E-state index is 15.1. The van der Waals surface area contributed by atoms with Crippen LogP contribution >= 0.6 is 0 Å². The predicted molar refractivity (Wildman–Crippen MR) is 342 cm³/mol. The number of rotatable bonds is 22.